The van der Waals surface area contributed by atoms with E-state index in [1.54, 1.807) is 24.3 Å². The van der Waals surface area contributed by atoms with Gasteiger partial charge in [-0.25, -0.2) is 4.39 Å². The Morgan fingerprint density at radius 3 is 2.39 bits per heavy atom. The van der Waals surface area contributed by atoms with Crippen LogP contribution in [0, 0.1) is 12.7 Å². The summed E-state index contributed by atoms with van der Waals surface area (Å²) in [6, 6.07) is 16.9. The lowest BCUT2D eigenvalue weighted by molar-refractivity contribution is -0.142. The first kappa shape index (κ1) is 29.9. The molecule has 0 saturated heterocycles. The fourth-order valence-electron chi connectivity index (χ4n) is 4.80. The van der Waals surface area contributed by atoms with Crippen LogP contribution < -0.4 is 16.4 Å². The molecule has 2 atom stereocenters. The third-order valence-corrected chi connectivity index (χ3v) is 7.56. The van der Waals surface area contributed by atoms with Crippen molar-refractivity contribution in [1.29, 1.82) is 0 Å². The lowest BCUT2D eigenvalue weighted by atomic mass is 9.92. The normalized spacial score (nSPS) is 15.0. The third kappa shape index (κ3) is 7.36. The summed E-state index contributed by atoms with van der Waals surface area (Å²) in [7, 11) is 0. The van der Waals surface area contributed by atoms with Gasteiger partial charge in [0, 0.05) is 47.6 Å². The van der Waals surface area contributed by atoms with E-state index in [1.165, 1.54) is 17.9 Å². The zero-order chi connectivity index (χ0) is 29.5. The molecule has 1 aliphatic heterocycles. The number of nitrogens with one attached hydrogen (secondary N) is 2. The van der Waals surface area contributed by atoms with Crippen molar-refractivity contribution in [2.45, 2.75) is 51.2 Å². The van der Waals surface area contributed by atoms with Crippen molar-refractivity contribution in [3.05, 3.63) is 99.8 Å². The van der Waals surface area contributed by atoms with E-state index in [1.807, 2.05) is 30.3 Å². The van der Waals surface area contributed by atoms with Gasteiger partial charge in [0.2, 0.25) is 17.7 Å². The molecule has 3 aromatic carbocycles. The monoisotopic (exact) mass is 578 g/mol. The van der Waals surface area contributed by atoms with Crippen molar-refractivity contribution < 1.29 is 23.6 Å². The zero-order valence-corrected chi connectivity index (χ0v) is 23.4. The number of hydrogen-bond acceptors (Lipinski definition) is 5. The largest absolute Gasteiger partial charge is 0.342 e. The molecule has 0 saturated carbocycles. The first-order chi connectivity index (χ1) is 19.7. The standard InChI is InChI=1S/C31H32ClFN4O4/c1-19-24(32)16-23(17-25(19)33)35-30(40)26(13-14-34)36-31(41)27-15-21-9-5-6-10-22(21)18-37(27)29(39)12-11-28(38)20-7-3-2-4-8-20/h2-10,16-17,26-27H,11-15,18,34H2,1H3,(H,35,40)(H,36,41)/t26-,27-/m0/s1. The number of nitrogens with two attached hydrogens (primary N) is 1. The number of amides is 3. The molecular formula is C31H32ClFN4O4. The van der Waals surface area contributed by atoms with E-state index < -0.39 is 29.7 Å². The van der Waals surface area contributed by atoms with Gasteiger partial charge >= 0.3 is 0 Å². The van der Waals surface area contributed by atoms with Crippen LogP contribution in [0.25, 0.3) is 0 Å². The first-order valence-corrected chi connectivity index (χ1v) is 13.8. The van der Waals surface area contributed by atoms with E-state index >= 15 is 0 Å². The molecule has 4 N–H and O–H groups in total. The lowest BCUT2D eigenvalue weighted by Gasteiger charge is -2.36. The molecule has 0 aromatic heterocycles. The van der Waals surface area contributed by atoms with Gasteiger partial charge in [0.25, 0.3) is 0 Å². The van der Waals surface area contributed by atoms with Crippen LogP contribution in [0.5, 0.6) is 0 Å². The Morgan fingerprint density at radius 1 is 1.02 bits per heavy atom. The molecule has 1 heterocycles. The van der Waals surface area contributed by atoms with Gasteiger partial charge < -0.3 is 21.3 Å². The molecule has 0 aliphatic carbocycles. The highest BCUT2D eigenvalue weighted by Gasteiger charge is 2.36. The summed E-state index contributed by atoms with van der Waals surface area (Å²) in [6.45, 7) is 1.81. The molecule has 0 radical (unpaired) electrons. The molecule has 3 amide bonds. The summed E-state index contributed by atoms with van der Waals surface area (Å²) in [5.74, 6) is -2.19. The van der Waals surface area contributed by atoms with Gasteiger partial charge in [-0.3, -0.25) is 19.2 Å². The second kappa shape index (κ2) is 13.5. The predicted octanol–water partition coefficient (Wildman–Crippen LogP) is 4.18. The molecule has 41 heavy (non-hydrogen) atoms. The van der Waals surface area contributed by atoms with Crippen molar-refractivity contribution in [1.82, 2.24) is 10.2 Å². The minimum atomic E-state index is -1.04. The summed E-state index contributed by atoms with van der Waals surface area (Å²) in [6.07, 6.45) is 0.300. The van der Waals surface area contributed by atoms with Gasteiger partial charge in [-0.15, -0.1) is 0 Å². The summed E-state index contributed by atoms with van der Waals surface area (Å²) < 4.78 is 14.2. The fraction of sp³-hybridized carbons (Fsp3) is 0.290. The average molecular weight is 579 g/mol. The van der Waals surface area contributed by atoms with Crippen molar-refractivity contribution in [3.63, 3.8) is 0 Å². The summed E-state index contributed by atoms with van der Waals surface area (Å²) in [4.78, 5) is 54.1. The first-order valence-electron chi connectivity index (χ1n) is 13.4. The van der Waals surface area contributed by atoms with E-state index in [-0.39, 0.29) is 66.7 Å². The number of benzene rings is 3. The highest BCUT2D eigenvalue weighted by atomic mass is 35.5. The minimum Gasteiger partial charge on any atom is -0.342 e. The number of nitrogens with zero attached hydrogens (tertiary/aromatic N) is 1. The van der Waals surface area contributed by atoms with Crippen molar-refractivity contribution in [2.75, 3.05) is 11.9 Å². The second-order valence-electron chi connectivity index (χ2n) is 9.99. The van der Waals surface area contributed by atoms with Crippen LogP contribution in [0.1, 0.15) is 46.3 Å². The Hall–Kier alpha value is -4.08. The number of hydrogen-bond donors (Lipinski definition) is 3. The van der Waals surface area contributed by atoms with Gasteiger partial charge in [-0.2, -0.15) is 0 Å². The van der Waals surface area contributed by atoms with E-state index in [2.05, 4.69) is 10.6 Å². The molecule has 10 heteroatoms. The number of Topliss-reactive ketones (excluding diaryl/α,β-unsaturated/α-hetero) is 1. The maximum Gasteiger partial charge on any atom is 0.247 e. The lowest BCUT2D eigenvalue weighted by Crippen LogP contribution is -2.56. The van der Waals surface area contributed by atoms with Gasteiger partial charge in [0.1, 0.15) is 17.9 Å². The Bertz CT molecular complexity index is 1430. The van der Waals surface area contributed by atoms with E-state index in [0.29, 0.717) is 5.56 Å². The molecule has 0 unspecified atom stereocenters. The highest BCUT2D eigenvalue weighted by Crippen LogP contribution is 2.26. The van der Waals surface area contributed by atoms with Crippen LogP contribution in [0.15, 0.2) is 66.7 Å². The number of rotatable bonds is 10. The second-order valence-corrected chi connectivity index (χ2v) is 10.4. The van der Waals surface area contributed by atoms with Crippen LogP contribution in [0.4, 0.5) is 10.1 Å². The van der Waals surface area contributed by atoms with Crippen molar-refractivity contribution >= 4 is 40.8 Å². The number of fused-ring (bicyclic) bond motifs is 1. The Labute approximate surface area is 243 Å². The summed E-state index contributed by atoms with van der Waals surface area (Å²) >= 11 is 6.06. The van der Waals surface area contributed by atoms with Gasteiger partial charge in [0.15, 0.2) is 5.78 Å². The molecule has 4 rings (SSSR count). The number of carbonyl (C=O) groups is 4. The molecule has 3 aromatic rings. The molecule has 1 aliphatic rings. The van der Waals surface area contributed by atoms with Gasteiger partial charge in [-0.1, -0.05) is 66.2 Å². The number of ketones is 1. The van der Waals surface area contributed by atoms with E-state index in [9.17, 15) is 23.6 Å². The van der Waals surface area contributed by atoms with Gasteiger partial charge in [-0.05, 0) is 43.1 Å². The maximum atomic E-state index is 14.2. The number of anilines is 1. The molecular weight excluding hydrogens is 547 g/mol. The highest BCUT2D eigenvalue weighted by molar-refractivity contribution is 6.31. The summed E-state index contributed by atoms with van der Waals surface area (Å²) in [5.41, 5.74) is 8.47. The third-order valence-electron chi connectivity index (χ3n) is 7.17. The molecule has 0 fully saturated rings. The fourth-order valence-corrected chi connectivity index (χ4v) is 5.01. The maximum absolute atomic E-state index is 14.2. The topological polar surface area (TPSA) is 122 Å². The van der Waals surface area contributed by atoms with Crippen LogP contribution in [-0.2, 0) is 27.3 Å². The minimum absolute atomic E-state index is 0.00318. The molecule has 0 bridgehead atoms. The SMILES string of the molecule is Cc1c(F)cc(NC(=O)[C@H](CCN)NC(=O)[C@@H]2Cc3ccccc3CN2C(=O)CCC(=O)c2ccccc2)cc1Cl. The van der Waals surface area contributed by atoms with Crippen molar-refractivity contribution in [2.24, 2.45) is 5.73 Å². The van der Waals surface area contributed by atoms with E-state index in [0.717, 1.165) is 17.2 Å². The van der Waals surface area contributed by atoms with Crippen molar-refractivity contribution in [3.8, 4) is 0 Å². The number of halogens is 2. The summed E-state index contributed by atoms with van der Waals surface area (Å²) in [5, 5.41) is 5.48. The van der Waals surface area contributed by atoms with Crippen LogP contribution in [0.2, 0.25) is 5.02 Å². The van der Waals surface area contributed by atoms with Crippen LogP contribution >= 0.6 is 11.6 Å². The quantitative estimate of drug-likeness (QED) is 0.312. The van der Waals surface area contributed by atoms with E-state index in [4.69, 9.17) is 17.3 Å². The van der Waals surface area contributed by atoms with Crippen LogP contribution in [-0.4, -0.2) is 47.0 Å². The smallest absolute Gasteiger partial charge is 0.247 e. The molecule has 8 nitrogen and oxygen atoms in total. The van der Waals surface area contributed by atoms with Crippen LogP contribution in [0.3, 0.4) is 0 Å². The molecule has 0 spiro atoms. The Morgan fingerprint density at radius 2 is 1.71 bits per heavy atom. The molecule has 214 valence electrons. The van der Waals surface area contributed by atoms with Gasteiger partial charge in [0.05, 0.1) is 0 Å². The number of carbonyl (C=O) groups excluding carboxylic acids is 4. The Balaban J connectivity index is 1.49. The predicted molar refractivity (Wildman–Crippen MR) is 155 cm³/mol. The Kier molecular flexibility index (Phi) is 9.86. The average Bonchev–Trinajstić information content (AvgIpc) is 2.97. The zero-order valence-electron chi connectivity index (χ0n) is 22.7.